The highest BCUT2D eigenvalue weighted by molar-refractivity contribution is 7.89. The maximum Gasteiger partial charge on any atom is 0.250 e. The molecular formula is C15H15N3O3S2. The zero-order valence-electron chi connectivity index (χ0n) is 12.6. The number of fused-ring (bicyclic) bond motifs is 1. The van der Waals surface area contributed by atoms with Gasteiger partial charge in [0.25, 0.3) is 5.56 Å². The molecule has 0 saturated heterocycles. The van der Waals surface area contributed by atoms with Crippen LogP contribution in [0.15, 0.2) is 52.3 Å². The van der Waals surface area contributed by atoms with Crippen LogP contribution in [0.5, 0.6) is 0 Å². The second-order valence-electron chi connectivity index (χ2n) is 5.19. The van der Waals surface area contributed by atoms with Crippen molar-refractivity contribution in [3.05, 3.63) is 58.0 Å². The fourth-order valence-electron chi connectivity index (χ4n) is 2.13. The van der Waals surface area contributed by atoms with Crippen LogP contribution in [0.3, 0.4) is 0 Å². The van der Waals surface area contributed by atoms with Crippen LogP contribution in [0, 0.1) is 0 Å². The van der Waals surface area contributed by atoms with E-state index in [4.69, 9.17) is 0 Å². The Morgan fingerprint density at radius 2 is 1.91 bits per heavy atom. The molecule has 0 radical (unpaired) electrons. The van der Waals surface area contributed by atoms with Gasteiger partial charge < -0.3 is 4.57 Å². The molecule has 3 rings (SSSR count). The first-order chi connectivity index (χ1) is 10.9. The maximum absolute atomic E-state index is 12.2. The summed E-state index contributed by atoms with van der Waals surface area (Å²) in [5, 5.41) is 0.757. The molecule has 0 fully saturated rings. The first kappa shape index (κ1) is 15.9. The molecule has 0 N–H and O–H groups in total. The molecule has 3 aromatic rings. The average Bonchev–Trinajstić information content (AvgIpc) is 2.91. The predicted molar refractivity (Wildman–Crippen MR) is 90.3 cm³/mol. The molecule has 1 aromatic carbocycles. The SMILES string of the molecule is CN(C)S(=O)(=O)c1ccc(=O)n(Cc2nc3ccccc3s2)c1. The first-order valence-electron chi connectivity index (χ1n) is 6.85. The van der Waals surface area contributed by atoms with Gasteiger partial charge in [0.1, 0.15) is 5.01 Å². The summed E-state index contributed by atoms with van der Waals surface area (Å²) < 4.78 is 27.9. The molecule has 0 amide bonds. The fraction of sp³-hybridized carbons (Fsp3) is 0.200. The lowest BCUT2D eigenvalue weighted by atomic mass is 10.3. The van der Waals surface area contributed by atoms with E-state index in [1.165, 1.54) is 48.3 Å². The molecule has 120 valence electrons. The Morgan fingerprint density at radius 1 is 1.17 bits per heavy atom. The highest BCUT2D eigenvalue weighted by Gasteiger charge is 2.18. The number of pyridine rings is 1. The highest BCUT2D eigenvalue weighted by Crippen LogP contribution is 2.22. The topological polar surface area (TPSA) is 72.3 Å². The molecule has 0 bridgehead atoms. The van der Waals surface area contributed by atoms with Gasteiger partial charge in [-0.15, -0.1) is 11.3 Å². The Balaban J connectivity index is 2.01. The van der Waals surface area contributed by atoms with Crippen LogP contribution < -0.4 is 5.56 Å². The Hall–Kier alpha value is -2.03. The van der Waals surface area contributed by atoms with Crippen molar-refractivity contribution in [2.45, 2.75) is 11.4 Å². The van der Waals surface area contributed by atoms with Crippen molar-refractivity contribution < 1.29 is 8.42 Å². The highest BCUT2D eigenvalue weighted by atomic mass is 32.2. The van der Waals surface area contributed by atoms with Crippen molar-refractivity contribution >= 4 is 31.6 Å². The minimum atomic E-state index is -3.58. The second kappa shape index (κ2) is 5.88. The molecule has 0 spiro atoms. The average molecular weight is 349 g/mol. The lowest BCUT2D eigenvalue weighted by Gasteiger charge is -2.12. The first-order valence-corrected chi connectivity index (χ1v) is 9.11. The molecule has 23 heavy (non-hydrogen) atoms. The quantitative estimate of drug-likeness (QED) is 0.719. The molecule has 2 aromatic heterocycles. The number of benzene rings is 1. The van der Waals surface area contributed by atoms with Crippen LogP contribution in [0.4, 0.5) is 0 Å². The maximum atomic E-state index is 12.2. The van der Waals surface area contributed by atoms with E-state index in [2.05, 4.69) is 4.98 Å². The number of aromatic nitrogens is 2. The second-order valence-corrected chi connectivity index (χ2v) is 8.46. The zero-order valence-corrected chi connectivity index (χ0v) is 14.3. The van der Waals surface area contributed by atoms with Gasteiger partial charge in [-0.05, 0) is 18.2 Å². The number of para-hydroxylation sites is 1. The van der Waals surface area contributed by atoms with E-state index < -0.39 is 10.0 Å². The van der Waals surface area contributed by atoms with E-state index in [0.29, 0.717) is 0 Å². The summed E-state index contributed by atoms with van der Waals surface area (Å²) in [5.74, 6) is 0. The fourth-order valence-corrected chi connectivity index (χ4v) is 4.02. The van der Waals surface area contributed by atoms with Crippen molar-refractivity contribution in [2.75, 3.05) is 14.1 Å². The van der Waals surface area contributed by atoms with Gasteiger partial charge in [0.05, 0.1) is 21.7 Å². The predicted octanol–water partition coefficient (Wildman–Crippen LogP) is 1.76. The van der Waals surface area contributed by atoms with Gasteiger partial charge in [-0.1, -0.05) is 12.1 Å². The van der Waals surface area contributed by atoms with Crippen molar-refractivity contribution in [1.82, 2.24) is 13.9 Å². The van der Waals surface area contributed by atoms with Crippen LogP contribution in [-0.2, 0) is 16.6 Å². The van der Waals surface area contributed by atoms with Crippen LogP contribution >= 0.6 is 11.3 Å². The summed E-state index contributed by atoms with van der Waals surface area (Å²) in [7, 11) is -0.663. The number of rotatable bonds is 4. The Bertz CT molecular complexity index is 987. The molecule has 0 saturated carbocycles. The van der Waals surface area contributed by atoms with E-state index in [9.17, 15) is 13.2 Å². The van der Waals surface area contributed by atoms with E-state index in [1.807, 2.05) is 24.3 Å². The molecular weight excluding hydrogens is 334 g/mol. The number of hydrogen-bond acceptors (Lipinski definition) is 5. The number of nitrogens with zero attached hydrogens (tertiary/aromatic N) is 3. The molecule has 0 unspecified atom stereocenters. The lowest BCUT2D eigenvalue weighted by molar-refractivity contribution is 0.519. The molecule has 0 aliphatic rings. The zero-order chi connectivity index (χ0) is 16.6. The molecule has 2 heterocycles. The summed E-state index contributed by atoms with van der Waals surface area (Å²) in [4.78, 5) is 16.6. The van der Waals surface area contributed by atoms with E-state index in [0.717, 1.165) is 19.5 Å². The Kier molecular flexibility index (Phi) is 4.05. The van der Waals surface area contributed by atoms with Gasteiger partial charge in [0, 0.05) is 26.4 Å². The van der Waals surface area contributed by atoms with Gasteiger partial charge in [-0.2, -0.15) is 0 Å². The van der Waals surface area contributed by atoms with Crippen LogP contribution in [0.25, 0.3) is 10.2 Å². The Labute approximate surface area is 137 Å². The van der Waals surface area contributed by atoms with Crippen LogP contribution in [0.1, 0.15) is 5.01 Å². The summed E-state index contributed by atoms with van der Waals surface area (Å²) >= 11 is 1.49. The monoisotopic (exact) mass is 349 g/mol. The molecule has 6 nitrogen and oxygen atoms in total. The van der Waals surface area contributed by atoms with Crippen LogP contribution in [0.2, 0.25) is 0 Å². The smallest absolute Gasteiger partial charge is 0.250 e. The summed E-state index contributed by atoms with van der Waals surface area (Å²) in [5.41, 5.74) is 0.611. The van der Waals surface area contributed by atoms with Gasteiger partial charge >= 0.3 is 0 Å². The van der Waals surface area contributed by atoms with Gasteiger partial charge in [-0.25, -0.2) is 17.7 Å². The molecule has 0 aliphatic heterocycles. The van der Waals surface area contributed by atoms with Gasteiger partial charge in [0.2, 0.25) is 10.0 Å². The number of sulfonamides is 1. The summed E-state index contributed by atoms with van der Waals surface area (Å²) in [6, 6.07) is 10.3. The Morgan fingerprint density at radius 3 is 2.61 bits per heavy atom. The third kappa shape index (κ3) is 3.05. The molecule has 0 atom stereocenters. The number of thiazole rings is 1. The third-order valence-corrected chi connectivity index (χ3v) is 6.20. The van der Waals surface area contributed by atoms with Crippen molar-refractivity contribution in [3.8, 4) is 0 Å². The van der Waals surface area contributed by atoms with E-state index >= 15 is 0 Å². The van der Waals surface area contributed by atoms with Crippen molar-refractivity contribution in [1.29, 1.82) is 0 Å². The minimum Gasteiger partial charge on any atom is -0.307 e. The summed E-state index contributed by atoms with van der Waals surface area (Å²) in [6.45, 7) is 0.245. The minimum absolute atomic E-state index is 0.0863. The van der Waals surface area contributed by atoms with E-state index in [1.54, 1.807) is 0 Å². The summed E-state index contributed by atoms with van der Waals surface area (Å²) in [6.07, 6.45) is 1.36. The third-order valence-electron chi connectivity index (χ3n) is 3.38. The molecule has 8 heteroatoms. The standard InChI is InChI=1S/C15H15N3O3S2/c1-17(2)23(20,21)11-7-8-15(19)18(9-11)10-14-16-12-5-3-4-6-13(12)22-14/h3-9H,10H2,1-2H3. The van der Waals surface area contributed by atoms with Crippen molar-refractivity contribution in [3.63, 3.8) is 0 Å². The largest absolute Gasteiger partial charge is 0.307 e. The van der Waals surface area contributed by atoms with Crippen LogP contribution in [-0.4, -0.2) is 36.4 Å². The normalized spacial score (nSPS) is 12.1. The lowest BCUT2D eigenvalue weighted by Crippen LogP contribution is -2.26. The molecule has 0 aliphatic carbocycles. The van der Waals surface area contributed by atoms with Crippen molar-refractivity contribution in [2.24, 2.45) is 0 Å². The van der Waals surface area contributed by atoms with Gasteiger partial charge in [-0.3, -0.25) is 4.79 Å². The van der Waals surface area contributed by atoms with Gasteiger partial charge in [0.15, 0.2) is 0 Å². The van der Waals surface area contributed by atoms with E-state index in [-0.39, 0.29) is 17.0 Å². The number of hydrogen-bond donors (Lipinski definition) is 0.